The number of aromatic nitrogens is 2. The van der Waals surface area contributed by atoms with Crippen LogP contribution in [0.4, 0.5) is 5.69 Å². The van der Waals surface area contributed by atoms with E-state index < -0.39 is 0 Å². The summed E-state index contributed by atoms with van der Waals surface area (Å²) in [6, 6.07) is 12.0. The number of nitrogens with zero attached hydrogens (tertiary/aromatic N) is 3. The maximum atomic E-state index is 12.7. The van der Waals surface area contributed by atoms with Crippen molar-refractivity contribution in [3.8, 4) is 0 Å². The van der Waals surface area contributed by atoms with E-state index in [-0.39, 0.29) is 5.91 Å². The number of para-hydroxylation sites is 1. The van der Waals surface area contributed by atoms with Crippen LogP contribution in [0.1, 0.15) is 22.8 Å². The molecule has 4 rings (SSSR count). The van der Waals surface area contributed by atoms with E-state index in [0.717, 1.165) is 35.0 Å². The van der Waals surface area contributed by atoms with Crippen molar-refractivity contribution < 1.29 is 4.79 Å². The Hall–Kier alpha value is -2.60. The molecule has 2 aromatic heterocycles. The largest absolute Gasteiger partial charge is 0.345 e. The first kappa shape index (κ1) is 15.9. The fourth-order valence-electron chi connectivity index (χ4n) is 3.07. The number of hydrogen-bond acceptors (Lipinski definition) is 3. The van der Waals surface area contributed by atoms with E-state index in [2.05, 4.69) is 38.9 Å². The van der Waals surface area contributed by atoms with Crippen LogP contribution >= 0.6 is 11.8 Å². The highest BCUT2D eigenvalue weighted by Crippen LogP contribution is 2.29. The lowest BCUT2D eigenvalue weighted by molar-refractivity contribution is 0.100. The van der Waals surface area contributed by atoms with Gasteiger partial charge in [-0.15, -0.1) is 0 Å². The molecule has 1 saturated heterocycles. The van der Waals surface area contributed by atoms with Gasteiger partial charge in [-0.3, -0.25) is 4.79 Å². The van der Waals surface area contributed by atoms with Gasteiger partial charge < -0.3 is 9.88 Å². The standard InChI is InChI=1S/C19H18N4OS/c1-2-13-6-3-4-8-16(13)23-10-11-25-19(23)22-18(24)15-12-21-17-14(15)7-5-9-20-17/h3-9,12H,2,10-11H2,1H3,(H,20,21). The number of amides is 1. The molecule has 1 fully saturated rings. The van der Waals surface area contributed by atoms with Gasteiger partial charge in [0.2, 0.25) is 0 Å². The fourth-order valence-corrected chi connectivity index (χ4v) is 4.02. The van der Waals surface area contributed by atoms with E-state index in [1.165, 1.54) is 5.56 Å². The number of anilines is 1. The van der Waals surface area contributed by atoms with Crippen LogP contribution in [0.3, 0.4) is 0 Å². The minimum absolute atomic E-state index is 0.234. The zero-order valence-corrected chi connectivity index (χ0v) is 14.7. The molecular weight excluding hydrogens is 332 g/mol. The molecule has 0 spiro atoms. The molecule has 25 heavy (non-hydrogen) atoms. The number of aryl methyl sites for hydroxylation is 1. The van der Waals surface area contributed by atoms with E-state index in [0.29, 0.717) is 11.2 Å². The van der Waals surface area contributed by atoms with Crippen LogP contribution in [0.5, 0.6) is 0 Å². The van der Waals surface area contributed by atoms with Crippen molar-refractivity contribution in [2.24, 2.45) is 4.99 Å². The number of fused-ring (bicyclic) bond motifs is 1. The molecule has 5 nitrogen and oxygen atoms in total. The number of amidine groups is 1. The summed E-state index contributed by atoms with van der Waals surface area (Å²) in [5.41, 5.74) is 3.67. The summed E-state index contributed by atoms with van der Waals surface area (Å²) >= 11 is 1.62. The van der Waals surface area contributed by atoms with E-state index in [1.807, 2.05) is 24.3 Å². The molecule has 3 aromatic rings. The zero-order chi connectivity index (χ0) is 17.2. The Bertz CT molecular complexity index is 963. The molecule has 1 aromatic carbocycles. The Morgan fingerprint density at radius 3 is 3.08 bits per heavy atom. The number of H-pyrrole nitrogens is 1. The van der Waals surface area contributed by atoms with Gasteiger partial charge in [0.25, 0.3) is 5.91 Å². The second-order valence-corrected chi connectivity index (χ2v) is 6.85. The Morgan fingerprint density at radius 1 is 1.32 bits per heavy atom. The first-order valence-corrected chi connectivity index (χ1v) is 9.30. The van der Waals surface area contributed by atoms with Gasteiger partial charge in [-0.1, -0.05) is 36.9 Å². The molecule has 0 saturated carbocycles. The highest BCUT2D eigenvalue weighted by Gasteiger charge is 2.24. The van der Waals surface area contributed by atoms with Crippen LogP contribution in [0, 0.1) is 0 Å². The number of aliphatic imine (C=N–C) groups is 1. The summed E-state index contributed by atoms with van der Waals surface area (Å²) in [4.78, 5) is 26.6. The summed E-state index contributed by atoms with van der Waals surface area (Å²) < 4.78 is 0. The highest BCUT2D eigenvalue weighted by molar-refractivity contribution is 8.14. The van der Waals surface area contributed by atoms with Gasteiger partial charge in [-0.2, -0.15) is 4.99 Å². The third-order valence-electron chi connectivity index (χ3n) is 4.32. The minimum Gasteiger partial charge on any atom is -0.345 e. The smallest absolute Gasteiger partial charge is 0.281 e. The monoisotopic (exact) mass is 350 g/mol. The molecule has 126 valence electrons. The molecule has 1 amide bonds. The Labute approximate surface area is 150 Å². The zero-order valence-electron chi connectivity index (χ0n) is 13.9. The van der Waals surface area contributed by atoms with Crippen LogP contribution in [0.2, 0.25) is 0 Å². The number of aromatic amines is 1. The third kappa shape index (κ3) is 2.93. The summed E-state index contributed by atoms with van der Waals surface area (Å²) in [5.74, 6) is 0.696. The normalized spacial score (nSPS) is 16.0. The number of pyridine rings is 1. The second kappa shape index (κ2) is 6.72. The Morgan fingerprint density at radius 2 is 2.20 bits per heavy atom. The van der Waals surface area contributed by atoms with Crippen LogP contribution in [0.15, 0.2) is 53.8 Å². The van der Waals surface area contributed by atoms with Crippen molar-refractivity contribution in [1.29, 1.82) is 0 Å². The molecule has 1 aliphatic heterocycles. The summed E-state index contributed by atoms with van der Waals surface area (Å²) in [7, 11) is 0. The first-order valence-electron chi connectivity index (χ1n) is 8.31. The van der Waals surface area contributed by atoms with Crippen molar-refractivity contribution in [3.05, 3.63) is 59.9 Å². The summed E-state index contributed by atoms with van der Waals surface area (Å²) in [5, 5.41) is 1.57. The van der Waals surface area contributed by atoms with Crippen molar-refractivity contribution in [2.45, 2.75) is 13.3 Å². The van der Waals surface area contributed by atoms with E-state index in [4.69, 9.17) is 0 Å². The lowest BCUT2D eigenvalue weighted by atomic mass is 10.1. The van der Waals surface area contributed by atoms with Crippen molar-refractivity contribution >= 4 is 39.6 Å². The molecule has 6 heteroatoms. The van der Waals surface area contributed by atoms with Crippen LogP contribution in [-0.2, 0) is 6.42 Å². The van der Waals surface area contributed by atoms with Crippen molar-refractivity contribution in [3.63, 3.8) is 0 Å². The molecule has 0 atom stereocenters. The lowest BCUT2D eigenvalue weighted by Crippen LogP contribution is -2.25. The molecule has 1 aliphatic rings. The van der Waals surface area contributed by atoms with Crippen molar-refractivity contribution in [2.75, 3.05) is 17.2 Å². The second-order valence-electron chi connectivity index (χ2n) is 5.78. The average molecular weight is 350 g/mol. The minimum atomic E-state index is -0.234. The molecular formula is C19H18N4OS. The quantitative estimate of drug-likeness (QED) is 0.779. The van der Waals surface area contributed by atoms with Gasteiger partial charge >= 0.3 is 0 Å². The fraction of sp³-hybridized carbons (Fsp3) is 0.211. The van der Waals surface area contributed by atoms with Gasteiger partial charge in [0.1, 0.15) is 5.65 Å². The third-order valence-corrected chi connectivity index (χ3v) is 5.28. The predicted molar refractivity (Wildman–Crippen MR) is 103 cm³/mol. The maximum Gasteiger partial charge on any atom is 0.281 e. The van der Waals surface area contributed by atoms with E-state index in [1.54, 1.807) is 24.2 Å². The average Bonchev–Trinajstić information content (AvgIpc) is 3.28. The summed E-state index contributed by atoms with van der Waals surface area (Å²) in [6.45, 7) is 3.01. The molecule has 0 bridgehead atoms. The van der Waals surface area contributed by atoms with Crippen LogP contribution in [0.25, 0.3) is 11.0 Å². The topological polar surface area (TPSA) is 61.4 Å². The van der Waals surface area contributed by atoms with E-state index >= 15 is 0 Å². The number of hydrogen-bond donors (Lipinski definition) is 1. The Balaban J connectivity index is 1.69. The lowest BCUT2D eigenvalue weighted by Gasteiger charge is -2.20. The summed E-state index contributed by atoms with van der Waals surface area (Å²) in [6.07, 6.45) is 4.34. The first-order chi connectivity index (χ1) is 12.3. The molecule has 0 unspecified atom stereocenters. The number of nitrogens with one attached hydrogen (secondary N) is 1. The van der Waals surface area contributed by atoms with Crippen LogP contribution < -0.4 is 4.90 Å². The number of benzene rings is 1. The van der Waals surface area contributed by atoms with Crippen LogP contribution in [-0.4, -0.2) is 33.3 Å². The van der Waals surface area contributed by atoms with Gasteiger partial charge in [0.15, 0.2) is 5.17 Å². The van der Waals surface area contributed by atoms with E-state index in [9.17, 15) is 4.79 Å². The molecule has 1 N–H and O–H groups in total. The molecule has 0 aliphatic carbocycles. The number of rotatable bonds is 3. The van der Waals surface area contributed by atoms with Gasteiger partial charge in [-0.05, 0) is 30.2 Å². The molecule has 3 heterocycles. The number of carbonyl (C=O) groups excluding carboxylic acids is 1. The number of thioether (sulfide) groups is 1. The maximum absolute atomic E-state index is 12.7. The van der Waals surface area contributed by atoms with Crippen molar-refractivity contribution in [1.82, 2.24) is 9.97 Å². The molecule has 0 radical (unpaired) electrons. The van der Waals surface area contributed by atoms with Gasteiger partial charge in [-0.25, -0.2) is 4.98 Å². The van der Waals surface area contributed by atoms with Gasteiger partial charge in [0.05, 0.1) is 5.56 Å². The highest BCUT2D eigenvalue weighted by atomic mass is 32.2. The SMILES string of the molecule is CCc1ccccc1N1CCSC1=NC(=O)c1c[nH]c2ncccc12. The Kier molecular flexibility index (Phi) is 4.28. The number of carbonyl (C=O) groups is 1. The van der Waals surface area contributed by atoms with Gasteiger partial charge in [0, 0.05) is 35.8 Å². The predicted octanol–water partition coefficient (Wildman–Crippen LogP) is 3.87.